The molecule has 0 N–H and O–H groups in total. The molecule has 0 aliphatic carbocycles. The Labute approximate surface area is 282 Å². The first-order valence-corrected chi connectivity index (χ1v) is 14.5. The summed E-state index contributed by atoms with van der Waals surface area (Å²) in [6, 6.07) is 16.0. The molecule has 0 unspecified atom stereocenters. The Morgan fingerprint density at radius 3 is 1.06 bits per heavy atom. The van der Waals surface area contributed by atoms with E-state index in [0.29, 0.717) is 0 Å². The minimum atomic E-state index is -1.85. The minimum Gasteiger partial charge on any atom is -0.205 e. The van der Waals surface area contributed by atoms with Crippen LogP contribution in [0, 0.1) is 81.1 Å². The molecule has 47 heavy (non-hydrogen) atoms. The van der Waals surface area contributed by atoms with Gasteiger partial charge in [-0.05, 0) is 58.9 Å². The van der Waals surface area contributed by atoms with Crippen molar-refractivity contribution < 1.29 is 52.7 Å². The molecule has 16 heteroatoms. The minimum absolute atomic E-state index is 0.0305. The lowest BCUT2D eigenvalue weighted by Gasteiger charge is -2.08. The first-order chi connectivity index (χ1) is 22.1. The van der Waals surface area contributed by atoms with E-state index < -0.39 is 99.9 Å². The number of hydrogen-bond donors (Lipinski definition) is 0. The molecule has 244 valence electrons. The molecule has 0 heterocycles. The fourth-order valence-electron chi connectivity index (χ4n) is 3.63. The zero-order valence-corrected chi connectivity index (χ0v) is 27.1. The number of halogens is 15. The average molecular weight is 864 g/mol. The van der Waals surface area contributed by atoms with Crippen molar-refractivity contribution in [3.8, 4) is 28.3 Å². The third-order valence-corrected chi connectivity index (χ3v) is 7.95. The van der Waals surface area contributed by atoms with Crippen LogP contribution in [0.2, 0.25) is 0 Å². The molecule has 0 saturated heterocycles. The smallest absolute Gasteiger partial charge is 0.196 e. The summed E-state index contributed by atoms with van der Waals surface area (Å²) in [5.74, 6) is -18.7. The molecule has 1 nitrogen and oxygen atoms in total. The second-order valence-corrected chi connectivity index (χ2v) is 11.1. The molecular formula is C31H10Br3F12N. The molecule has 0 aromatic heterocycles. The molecule has 0 radical (unpaired) electrons. The van der Waals surface area contributed by atoms with E-state index in [4.69, 9.17) is 5.26 Å². The normalized spacial score (nSPS) is 10.4. The molecule has 0 amide bonds. The highest BCUT2D eigenvalue weighted by molar-refractivity contribution is 9.11. The van der Waals surface area contributed by atoms with Crippen LogP contribution in [0.3, 0.4) is 0 Å². The molecule has 0 bridgehead atoms. The molecule has 0 saturated carbocycles. The highest BCUT2D eigenvalue weighted by Crippen LogP contribution is 2.35. The fourth-order valence-corrected chi connectivity index (χ4v) is 5.01. The van der Waals surface area contributed by atoms with Gasteiger partial charge < -0.3 is 0 Å². The summed E-state index contributed by atoms with van der Waals surface area (Å²) >= 11 is 7.41. The Hall–Kier alpha value is -3.81. The Morgan fingerprint density at radius 2 is 0.681 bits per heavy atom. The van der Waals surface area contributed by atoms with Gasteiger partial charge in [-0.1, -0.05) is 60.7 Å². The van der Waals surface area contributed by atoms with Crippen LogP contribution in [-0.2, 0) is 0 Å². The van der Waals surface area contributed by atoms with Gasteiger partial charge in [-0.3, -0.25) is 0 Å². The predicted molar refractivity (Wildman–Crippen MR) is 158 cm³/mol. The summed E-state index contributed by atoms with van der Waals surface area (Å²) in [6.07, 6.45) is 0. The molecule has 0 spiro atoms. The van der Waals surface area contributed by atoms with Gasteiger partial charge in [0.2, 0.25) is 0 Å². The summed E-state index contributed by atoms with van der Waals surface area (Å²) in [5, 5.41) is 8.57. The zero-order chi connectivity index (χ0) is 35.3. The van der Waals surface area contributed by atoms with E-state index in [1.165, 1.54) is 42.5 Å². The van der Waals surface area contributed by atoms with Crippen LogP contribution in [-0.4, -0.2) is 0 Å². The Kier molecular flexibility index (Phi) is 12.7. The van der Waals surface area contributed by atoms with Crippen molar-refractivity contribution in [3.63, 3.8) is 0 Å². The largest absolute Gasteiger partial charge is 0.205 e. The zero-order valence-electron chi connectivity index (χ0n) is 22.4. The topological polar surface area (TPSA) is 23.8 Å². The Balaban J connectivity index is 0.000000196. The van der Waals surface area contributed by atoms with Crippen molar-refractivity contribution >= 4 is 47.8 Å². The van der Waals surface area contributed by atoms with Gasteiger partial charge in [0.15, 0.2) is 69.8 Å². The summed E-state index contributed by atoms with van der Waals surface area (Å²) in [7, 11) is 0. The van der Waals surface area contributed by atoms with Crippen molar-refractivity contribution in [1.82, 2.24) is 0 Å². The van der Waals surface area contributed by atoms with Crippen molar-refractivity contribution in [2.24, 2.45) is 0 Å². The van der Waals surface area contributed by atoms with Crippen LogP contribution >= 0.6 is 47.8 Å². The maximum absolute atomic E-state index is 13.8. The second-order valence-electron chi connectivity index (χ2n) is 8.68. The maximum atomic E-state index is 13.8. The van der Waals surface area contributed by atoms with Gasteiger partial charge in [0.25, 0.3) is 0 Å². The first-order valence-electron chi connectivity index (χ1n) is 12.1. The SMILES string of the molecule is Fc1c(F)c(Br)c(F)c(-c2ccccc2)c1F.Fc1c(F)c(Br)c(F)c(Br)c1F.N#Cc1c(F)c(F)c(F)c(-c2ccccc2)c1F. The third kappa shape index (κ3) is 7.68. The van der Waals surface area contributed by atoms with E-state index in [0.717, 1.165) is 0 Å². The summed E-state index contributed by atoms with van der Waals surface area (Å²) in [6.45, 7) is 0. The van der Waals surface area contributed by atoms with Gasteiger partial charge in [0, 0.05) is 0 Å². The van der Waals surface area contributed by atoms with Gasteiger partial charge in [0.05, 0.1) is 24.5 Å². The highest BCUT2D eigenvalue weighted by atomic mass is 79.9. The molecular weight excluding hydrogens is 854 g/mol. The quantitative estimate of drug-likeness (QED) is 0.0985. The van der Waals surface area contributed by atoms with Crippen LogP contribution in [0.15, 0.2) is 74.1 Å². The van der Waals surface area contributed by atoms with Crippen molar-refractivity contribution in [2.45, 2.75) is 0 Å². The summed E-state index contributed by atoms with van der Waals surface area (Å²) in [4.78, 5) is 0. The van der Waals surface area contributed by atoms with E-state index in [9.17, 15) is 52.7 Å². The molecule has 0 atom stereocenters. The van der Waals surface area contributed by atoms with Gasteiger partial charge in [-0.25, -0.2) is 52.7 Å². The monoisotopic (exact) mass is 861 g/mol. The Bertz CT molecular complexity index is 1870. The molecule has 0 fully saturated rings. The van der Waals surface area contributed by atoms with E-state index in [2.05, 4.69) is 47.8 Å². The Morgan fingerprint density at radius 1 is 0.362 bits per heavy atom. The number of hydrogen-bond acceptors (Lipinski definition) is 1. The second kappa shape index (κ2) is 15.9. The predicted octanol–water partition coefficient (Wildman–Crippen LogP) is 12.2. The van der Waals surface area contributed by atoms with Gasteiger partial charge >= 0.3 is 0 Å². The van der Waals surface area contributed by atoms with Crippen molar-refractivity contribution in [3.05, 3.63) is 149 Å². The lowest BCUT2D eigenvalue weighted by atomic mass is 10.0. The first kappa shape index (κ1) is 37.6. The number of nitriles is 1. The van der Waals surface area contributed by atoms with Gasteiger partial charge in [0.1, 0.15) is 11.6 Å². The van der Waals surface area contributed by atoms with Crippen LogP contribution in [0.5, 0.6) is 0 Å². The molecule has 5 rings (SSSR count). The van der Waals surface area contributed by atoms with Crippen LogP contribution < -0.4 is 0 Å². The third-order valence-electron chi connectivity index (χ3n) is 5.87. The highest BCUT2D eigenvalue weighted by Gasteiger charge is 2.27. The molecule has 0 aliphatic heterocycles. The lowest BCUT2D eigenvalue weighted by molar-refractivity contribution is 0.424. The summed E-state index contributed by atoms with van der Waals surface area (Å²) in [5.41, 5.74) is -2.29. The molecule has 5 aromatic rings. The number of rotatable bonds is 2. The molecule has 0 aliphatic rings. The van der Waals surface area contributed by atoms with Crippen LogP contribution in [0.1, 0.15) is 5.56 Å². The maximum Gasteiger partial charge on any atom is 0.196 e. The number of benzene rings is 5. The average Bonchev–Trinajstić information content (AvgIpc) is 3.08. The standard InChI is InChI=1S/C13H5F4N.C12H5BrF4.C6Br2F4/c14-10-8(6-18)11(15)13(17)12(16)9(10)7-4-2-1-3-5-7;13-8-9(14)7(6-4-2-1-3-5-6)10(15)12(17)11(8)16;7-1-3(9)2(8)5(11)6(12)4(1)10/h1-5H;1-5H;. The van der Waals surface area contributed by atoms with E-state index >= 15 is 0 Å². The van der Waals surface area contributed by atoms with E-state index in [1.807, 2.05) is 0 Å². The van der Waals surface area contributed by atoms with E-state index in [-0.39, 0.29) is 11.1 Å². The lowest BCUT2D eigenvalue weighted by Crippen LogP contribution is -2.03. The summed E-state index contributed by atoms with van der Waals surface area (Å²) < 4.78 is 155. The number of nitrogens with zero attached hydrogens (tertiary/aromatic N) is 1. The van der Waals surface area contributed by atoms with Crippen molar-refractivity contribution in [1.29, 1.82) is 5.26 Å². The molecule has 5 aromatic carbocycles. The van der Waals surface area contributed by atoms with Gasteiger partial charge in [-0.2, -0.15) is 5.26 Å². The van der Waals surface area contributed by atoms with Gasteiger partial charge in [-0.15, -0.1) is 0 Å². The fraction of sp³-hybridized carbons (Fsp3) is 0. The van der Waals surface area contributed by atoms with Crippen LogP contribution in [0.4, 0.5) is 52.7 Å². The van der Waals surface area contributed by atoms with Crippen LogP contribution in [0.25, 0.3) is 22.3 Å². The van der Waals surface area contributed by atoms with Crippen molar-refractivity contribution in [2.75, 3.05) is 0 Å². The van der Waals surface area contributed by atoms with E-state index in [1.54, 1.807) is 24.3 Å².